The second-order valence-corrected chi connectivity index (χ2v) is 7.84. The van der Waals surface area contributed by atoms with Gasteiger partial charge in [0, 0.05) is 12.0 Å². The van der Waals surface area contributed by atoms with E-state index in [2.05, 4.69) is 31.2 Å². The number of hydrogen-bond donors (Lipinski definition) is 3. The highest BCUT2D eigenvalue weighted by atomic mass is 16.7. The van der Waals surface area contributed by atoms with Crippen LogP contribution in [0, 0.1) is 0 Å². The van der Waals surface area contributed by atoms with Gasteiger partial charge in [0.05, 0.1) is 32.0 Å². The van der Waals surface area contributed by atoms with Crippen LogP contribution in [0.5, 0.6) is 0 Å². The van der Waals surface area contributed by atoms with Gasteiger partial charge >= 0.3 is 0 Å². The molecule has 1 aliphatic heterocycles. The number of rotatable bonds is 13. The summed E-state index contributed by atoms with van der Waals surface area (Å²) in [7, 11) is 0. The van der Waals surface area contributed by atoms with Crippen molar-refractivity contribution in [1.29, 1.82) is 0 Å². The molecule has 0 saturated carbocycles. The van der Waals surface area contributed by atoms with Crippen LogP contribution >= 0.6 is 0 Å². The largest absolute Gasteiger partial charge is 0.394 e. The van der Waals surface area contributed by atoms with Crippen molar-refractivity contribution in [1.82, 2.24) is 0 Å². The Bertz CT molecular complexity index is 522. The Kier molecular flexibility index (Phi) is 9.19. The monoisotopic (exact) mass is 379 g/mol. The Labute approximate surface area is 163 Å². The second kappa shape index (κ2) is 11.1. The fraction of sp³-hybridized carbons (Fsp3) is 0.727. The molecule has 0 spiro atoms. The fourth-order valence-electron chi connectivity index (χ4n) is 3.57. The summed E-state index contributed by atoms with van der Waals surface area (Å²) in [5.41, 5.74) is 7.32. The van der Waals surface area contributed by atoms with Crippen LogP contribution in [0.3, 0.4) is 0 Å². The third kappa shape index (κ3) is 6.54. The number of unbranched alkanes of at least 4 members (excludes halogenated alkanes) is 5. The third-order valence-electron chi connectivity index (χ3n) is 5.55. The van der Waals surface area contributed by atoms with E-state index in [9.17, 15) is 10.2 Å². The molecule has 27 heavy (non-hydrogen) atoms. The van der Waals surface area contributed by atoms with Crippen molar-refractivity contribution in [3.8, 4) is 0 Å². The lowest BCUT2D eigenvalue weighted by molar-refractivity contribution is -0.174. The van der Waals surface area contributed by atoms with Crippen molar-refractivity contribution < 1.29 is 19.7 Å². The van der Waals surface area contributed by atoms with E-state index < -0.39 is 11.3 Å². The zero-order chi connectivity index (χ0) is 19.6. The van der Waals surface area contributed by atoms with Crippen LogP contribution in [0.25, 0.3) is 0 Å². The molecule has 4 N–H and O–H groups in total. The maximum Gasteiger partial charge on any atom is 0.195 e. The molecule has 154 valence electrons. The fourth-order valence-corrected chi connectivity index (χ4v) is 3.57. The first-order valence-corrected chi connectivity index (χ1v) is 10.5. The Morgan fingerprint density at radius 2 is 1.56 bits per heavy atom. The molecule has 1 aromatic rings. The molecule has 1 saturated heterocycles. The van der Waals surface area contributed by atoms with Gasteiger partial charge in [-0.3, -0.25) is 0 Å². The van der Waals surface area contributed by atoms with Gasteiger partial charge < -0.3 is 25.4 Å². The minimum absolute atomic E-state index is 0.267. The highest BCUT2D eigenvalue weighted by Gasteiger charge is 2.40. The Balaban J connectivity index is 1.91. The van der Waals surface area contributed by atoms with E-state index in [-0.39, 0.29) is 13.2 Å². The Hall–Kier alpha value is -0.980. The van der Waals surface area contributed by atoms with Crippen LogP contribution in [-0.4, -0.2) is 42.2 Å². The van der Waals surface area contributed by atoms with Crippen LogP contribution < -0.4 is 5.73 Å². The lowest BCUT2D eigenvalue weighted by Crippen LogP contribution is -2.48. The molecule has 0 radical (unpaired) electrons. The maximum absolute atomic E-state index is 9.43. The molecule has 0 unspecified atom stereocenters. The maximum atomic E-state index is 9.43. The van der Waals surface area contributed by atoms with Gasteiger partial charge in [0.15, 0.2) is 5.79 Å². The molecular formula is C22H37NO4. The topological polar surface area (TPSA) is 84.9 Å². The SMILES string of the molecule is CCCCCCCCc1ccc(C2(CCC(N)(CO)CO)OCCO2)cc1. The van der Waals surface area contributed by atoms with Crippen molar-refractivity contribution >= 4 is 0 Å². The first-order valence-electron chi connectivity index (χ1n) is 10.5. The summed E-state index contributed by atoms with van der Waals surface area (Å²) >= 11 is 0. The molecular weight excluding hydrogens is 342 g/mol. The van der Waals surface area contributed by atoms with Crippen LogP contribution in [0.1, 0.15) is 69.4 Å². The van der Waals surface area contributed by atoms with E-state index in [0.29, 0.717) is 26.1 Å². The van der Waals surface area contributed by atoms with Crippen molar-refractivity contribution in [2.75, 3.05) is 26.4 Å². The molecule has 0 bridgehead atoms. The molecule has 1 aromatic carbocycles. The molecule has 1 heterocycles. The summed E-state index contributed by atoms with van der Waals surface area (Å²) in [6.07, 6.45) is 9.83. The van der Waals surface area contributed by atoms with Crippen molar-refractivity contribution in [3.63, 3.8) is 0 Å². The summed E-state index contributed by atoms with van der Waals surface area (Å²) in [5, 5.41) is 18.9. The number of aryl methyl sites for hydroxylation is 1. The zero-order valence-corrected chi connectivity index (χ0v) is 16.8. The number of hydrogen-bond acceptors (Lipinski definition) is 5. The number of nitrogens with two attached hydrogens (primary N) is 1. The highest BCUT2D eigenvalue weighted by molar-refractivity contribution is 5.26. The quantitative estimate of drug-likeness (QED) is 0.458. The molecule has 1 fully saturated rings. The predicted molar refractivity (Wildman–Crippen MR) is 107 cm³/mol. The van der Waals surface area contributed by atoms with E-state index in [1.807, 2.05) is 0 Å². The second-order valence-electron chi connectivity index (χ2n) is 7.84. The van der Waals surface area contributed by atoms with Gasteiger partial charge in [0.1, 0.15) is 0 Å². The molecule has 2 rings (SSSR count). The van der Waals surface area contributed by atoms with Gasteiger partial charge in [-0.2, -0.15) is 0 Å². The van der Waals surface area contributed by atoms with Crippen molar-refractivity contribution in [3.05, 3.63) is 35.4 Å². The van der Waals surface area contributed by atoms with Crippen LogP contribution in [0.4, 0.5) is 0 Å². The lowest BCUT2D eigenvalue weighted by atomic mass is 9.90. The van der Waals surface area contributed by atoms with E-state index in [1.54, 1.807) is 0 Å². The van der Waals surface area contributed by atoms with Gasteiger partial charge in [-0.25, -0.2) is 0 Å². The first-order chi connectivity index (χ1) is 13.1. The van der Waals surface area contributed by atoms with Gasteiger partial charge in [-0.1, -0.05) is 63.3 Å². The lowest BCUT2D eigenvalue weighted by Gasteiger charge is -2.32. The van der Waals surface area contributed by atoms with E-state index >= 15 is 0 Å². The number of aliphatic hydroxyl groups excluding tert-OH is 2. The number of benzene rings is 1. The van der Waals surface area contributed by atoms with Crippen LogP contribution in [0.2, 0.25) is 0 Å². The summed E-state index contributed by atoms with van der Waals surface area (Å²) in [6.45, 7) is 2.78. The molecule has 5 heteroatoms. The van der Waals surface area contributed by atoms with Gasteiger partial charge in [-0.15, -0.1) is 0 Å². The van der Waals surface area contributed by atoms with E-state index in [4.69, 9.17) is 15.2 Å². The number of ether oxygens (including phenoxy) is 2. The molecule has 0 atom stereocenters. The molecule has 1 aliphatic rings. The number of aliphatic hydroxyl groups is 2. The predicted octanol–water partition coefficient (Wildman–Crippen LogP) is 3.25. The highest BCUT2D eigenvalue weighted by Crippen LogP contribution is 2.37. The Morgan fingerprint density at radius 1 is 0.963 bits per heavy atom. The molecule has 5 nitrogen and oxygen atoms in total. The average Bonchev–Trinajstić information content (AvgIpc) is 3.19. The van der Waals surface area contributed by atoms with Gasteiger partial charge in [-0.05, 0) is 24.8 Å². The zero-order valence-electron chi connectivity index (χ0n) is 16.8. The minimum Gasteiger partial charge on any atom is -0.394 e. The molecule has 0 aromatic heterocycles. The van der Waals surface area contributed by atoms with E-state index in [1.165, 1.54) is 44.1 Å². The summed E-state index contributed by atoms with van der Waals surface area (Å²) in [5.74, 6) is -0.826. The average molecular weight is 380 g/mol. The normalized spacial score (nSPS) is 16.7. The molecule has 0 aliphatic carbocycles. The van der Waals surface area contributed by atoms with Crippen LogP contribution in [-0.2, 0) is 21.7 Å². The summed E-state index contributed by atoms with van der Waals surface area (Å²) < 4.78 is 11.9. The smallest absolute Gasteiger partial charge is 0.195 e. The first kappa shape index (κ1) is 22.3. The van der Waals surface area contributed by atoms with Crippen LogP contribution in [0.15, 0.2) is 24.3 Å². The molecule has 0 amide bonds. The summed E-state index contributed by atoms with van der Waals surface area (Å²) in [6, 6.07) is 8.46. The summed E-state index contributed by atoms with van der Waals surface area (Å²) in [4.78, 5) is 0. The minimum atomic E-state index is -1.01. The van der Waals surface area contributed by atoms with Crippen molar-refractivity contribution in [2.24, 2.45) is 5.73 Å². The van der Waals surface area contributed by atoms with E-state index in [0.717, 1.165) is 12.0 Å². The van der Waals surface area contributed by atoms with Gasteiger partial charge in [0.25, 0.3) is 0 Å². The Morgan fingerprint density at radius 3 is 2.15 bits per heavy atom. The van der Waals surface area contributed by atoms with Crippen molar-refractivity contribution in [2.45, 2.75) is 76.0 Å². The standard InChI is InChI=1S/C22H37NO4/c1-2-3-4-5-6-7-8-19-9-11-20(12-10-19)22(26-15-16-27-22)14-13-21(23,17-24)18-25/h9-12,24-25H,2-8,13-18,23H2,1H3. The third-order valence-corrected chi connectivity index (χ3v) is 5.55. The van der Waals surface area contributed by atoms with Gasteiger partial charge in [0.2, 0.25) is 0 Å².